The van der Waals surface area contributed by atoms with E-state index in [1.54, 1.807) is 10.4 Å². The Morgan fingerprint density at radius 3 is 3.20 bits per heavy atom. The van der Waals surface area contributed by atoms with Crippen molar-refractivity contribution in [2.24, 2.45) is 5.92 Å². The maximum absolute atomic E-state index is 3.60. The molecule has 2 heterocycles. The molecular weight excluding hydrogens is 270 g/mol. The van der Waals surface area contributed by atoms with Crippen LogP contribution in [0.1, 0.15) is 23.8 Å². The van der Waals surface area contributed by atoms with Gasteiger partial charge in [0.25, 0.3) is 0 Å². The minimum Gasteiger partial charge on any atom is -0.298 e. The third-order valence-electron chi connectivity index (χ3n) is 3.20. The van der Waals surface area contributed by atoms with Crippen LogP contribution >= 0.6 is 27.3 Å². The molecule has 1 aliphatic heterocycles. The Balaban J connectivity index is 1.92. The first kappa shape index (κ1) is 11.6. The van der Waals surface area contributed by atoms with Gasteiger partial charge in [0, 0.05) is 29.8 Å². The zero-order valence-electron chi connectivity index (χ0n) is 9.21. The van der Waals surface area contributed by atoms with Crippen molar-refractivity contribution in [1.82, 2.24) is 4.90 Å². The largest absolute Gasteiger partial charge is 0.298 e. The van der Waals surface area contributed by atoms with Crippen LogP contribution in [-0.4, -0.2) is 23.3 Å². The summed E-state index contributed by atoms with van der Waals surface area (Å²) in [5.41, 5.74) is 1.57. The quantitative estimate of drug-likeness (QED) is 0.766. The number of hydrogen-bond donors (Lipinski definition) is 0. The molecule has 0 bridgehead atoms. The molecule has 0 aliphatic carbocycles. The molecule has 3 heteroatoms. The molecule has 1 atom stereocenters. The zero-order chi connectivity index (χ0) is 10.7. The van der Waals surface area contributed by atoms with Gasteiger partial charge in [0.1, 0.15) is 0 Å². The molecular formula is C12H18BrNS. The van der Waals surface area contributed by atoms with Gasteiger partial charge in [-0.1, -0.05) is 29.3 Å². The Hall–Kier alpha value is 0.140. The molecule has 1 aromatic heterocycles. The molecule has 0 saturated heterocycles. The fourth-order valence-corrected chi connectivity index (χ4v) is 3.67. The molecule has 0 saturated carbocycles. The predicted molar refractivity (Wildman–Crippen MR) is 70.9 cm³/mol. The van der Waals surface area contributed by atoms with E-state index >= 15 is 0 Å². The number of rotatable bonds is 4. The molecule has 0 radical (unpaired) electrons. The maximum atomic E-state index is 3.60. The summed E-state index contributed by atoms with van der Waals surface area (Å²) >= 11 is 5.52. The standard InChI is InChI=1S/C12H18BrNS/c1-2-10(7-13)8-14-5-3-12-11(9-14)4-6-15-12/h4,6,10H,2-3,5,7-9H2,1H3. The molecule has 1 aliphatic rings. The van der Waals surface area contributed by atoms with Gasteiger partial charge in [-0.3, -0.25) is 4.90 Å². The summed E-state index contributed by atoms with van der Waals surface area (Å²) in [6, 6.07) is 2.29. The van der Waals surface area contributed by atoms with Crippen molar-refractivity contribution < 1.29 is 0 Å². The highest BCUT2D eigenvalue weighted by Crippen LogP contribution is 2.24. The fourth-order valence-electron chi connectivity index (χ4n) is 2.11. The molecule has 1 unspecified atom stereocenters. The van der Waals surface area contributed by atoms with E-state index in [1.165, 1.54) is 32.5 Å². The van der Waals surface area contributed by atoms with E-state index in [2.05, 4.69) is 39.2 Å². The molecule has 1 aromatic rings. The Labute approximate surface area is 105 Å². The third kappa shape index (κ3) is 2.83. The number of nitrogens with zero attached hydrogens (tertiary/aromatic N) is 1. The monoisotopic (exact) mass is 287 g/mol. The molecule has 0 spiro atoms. The minimum atomic E-state index is 0.810. The predicted octanol–water partition coefficient (Wildman–Crippen LogP) is 3.53. The summed E-state index contributed by atoms with van der Waals surface area (Å²) in [7, 11) is 0. The van der Waals surface area contributed by atoms with Gasteiger partial charge in [-0.15, -0.1) is 11.3 Å². The van der Waals surface area contributed by atoms with Gasteiger partial charge in [-0.2, -0.15) is 0 Å². The normalized spacial score (nSPS) is 18.8. The van der Waals surface area contributed by atoms with Crippen molar-refractivity contribution in [3.05, 3.63) is 21.9 Å². The van der Waals surface area contributed by atoms with Gasteiger partial charge in [0.2, 0.25) is 0 Å². The molecule has 15 heavy (non-hydrogen) atoms. The number of hydrogen-bond acceptors (Lipinski definition) is 2. The van der Waals surface area contributed by atoms with Crippen molar-refractivity contribution in [2.75, 3.05) is 18.4 Å². The van der Waals surface area contributed by atoms with Crippen molar-refractivity contribution >= 4 is 27.3 Å². The second kappa shape index (κ2) is 5.46. The lowest BCUT2D eigenvalue weighted by atomic mass is 10.1. The van der Waals surface area contributed by atoms with Crippen LogP contribution in [0.5, 0.6) is 0 Å². The van der Waals surface area contributed by atoms with Gasteiger partial charge in [0.05, 0.1) is 0 Å². The Morgan fingerprint density at radius 1 is 1.60 bits per heavy atom. The van der Waals surface area contributed by atoms with Crippen LogP contribution in [-0.2, 0) is 13.0 Å². The molecule has 2 rings (SSSR count). The highest BCUT2D eigenvalue weighted by atomic mass is 79.9. The summed E-state index contributed by atoms with van der Waals surface area (Å²) in [6.45, 7) is 5.95. The lowest BCUT2D eigenvalue weighted by molar-refractivity contribution is 0.221. The number of alkyl halides is 1. The summed E-state index contributed by atoms with van der Waals surface area (Å²) in [6.07, 6.45) is 2.53. The van der Waals surface area contributed by atoms with E-state index < -0.39 is 0 Å². The van der Waals surface area contributed by atoms with Gasteiger partial charge in [-0.25, -0.2) is 0 Å². The number of halogens is 1. The highest BCUT2D eigenvalue weighted by Gasteiger charge is 2.19. The van der Waals surface area contributed by atoms with Crippen LogP contribution in [0.4, 0.5) is 0 Å². The van der Waals surface area contributed by atoms with Crippen molar-refractivity contribution in [1.29, 1.82) is 0 Å². The van der Waals surface area contributed by atoms with E-state index in [-0.39, 0.29) is 0 Å². The van der Waals surface area contributed by atoms with Crippen molar-refractivity contribution in [3.8, 4) is 0 Å². The van der Waals surface area contributed by atoms with Crippen LogP contribution in [0.3, 0.4) is 0 Å². The average molecular weight is 288 g/mol. The second-order valence-electron chi connectivity index (χ2n) is 4.28. The molecule has 0 amide bonds. The van der Waals surface area contributed by atoms with Crippen LogP contribution in [0.2, 0.25) is 0 Å². The van der Waals surface area contributed by atoms with Crippen molar-refractivity contribution in [3.63, 3.8) is 0 Å². The summed E-state index contributed by atoms with van der Waals surface area (Å²) in [5.74, 6) is 0.810. The van der Waals surface area contributed by atoms with E-state index in [1.807, 2.05) is 11.3 Å². The second-order valence-corrected chi connectivity index (χ2v) is 5.93. The summed E-state index contributed by atoms with van der Waals surface area (Å²) in [5, 5.41) is 3.37. The highest BCUT2D eigenvalue weighted by molar-refractivity contribution is 9.09. The van der Waals surface area contributed by atoms with Crippen LogP contribution < -0.4 is 0 Å². The minimum absolute atomic E-state index is 0.810. The molecule has 0 aromatic carbocycles. The lowest BCUT2D eigenvalue weighted by Gasteiger charge is -2.29. The van der Waals surface area contributed by atoms with E-state index in [4.69, 9.17) is 0 Å². The van der Waals surface area contributed by atoms with Gasteiger partial charge < -0.3 is 0 Å². The topological polar surface area (TPSA) is 3.24 Å². The Bertz CT molecular complexity index is 306. The zero-order valence-corrected chi connectivity index (χ0v) is 11.6. The van der Waals surface area contributed by atoms with Crippen LogP contribution in [0.15, 0.2) is 11.4 Å². The van der Waals surface area contributed by atoms with Gasteiger partial charge >= 0.3 is 0 Å². The van der Waals surface area contributed by atoms with Crippen molar-refractivity contribution in [2.45, 2.75) is 26.3 Å². The van der Waals surface area contributed by atoms with E-state index in [0.29, 0.717) is 0 Å². The average Bonchev–Trinajstić information content (AvgIpc) is 2.73. The molecule has 0 fully saturated rings. The number of fused-ring (bicyclic) bond motifs is 1. The van der Waals surface area contributed by atoms with Gasteiger partial charge in [-0.05, 0) is 29.3 Å². The van der Waals surface area contributed by atoms with Gasteiger partial charge in [0.15, 0.2) is 0 Å². The first-order valence-electron chi connectivity index (χ1n) is 5.67. The third-order valence-corrected chi connectivity index (χ3v) is 5.14. The Kier molecular flexibility index (Phi) is 4.23. The first-order valence-corrected chi connectivity index (χ1v) is 7.67. The molecule has 0 N–H and O–H groups in total. The SMILES string of the molecule is CCC(CBr)CN1CCc2sccc2C1. The van der Waals surface area contributed by atoms with Crippen LogP contribution in [0, 0.1) is 5.92 Å². The summed E-state index contributed by atoms with van der Waals surface area (Å²) in [4.78, 5) is 4.21. The molecule has 84 valence electrons. The lowest BCUT2D eigenvalue weighted by Crippen LogP contribution is -2.34. The maximum Gasteiger partial charge on any atom is 0.0245 e. The van der Waals surface area contributed by atoms with E-state index in [9.17, 15) is 0 Å². The number of thiophene rings is 1. The Morgan fingerprint density at radius 2 is 2.47 bits per heavy atom. The summed E-state index contributed by atoms with van der Waals surface area (Å²) < 4.78 is 0. The fraction of sp³-hybridized carbons (Fsp3) is 0.667. The van der Waals surface area contributed by atoms with E-state index in [0.717, 1.165) is 11.2 Å². The van der Waals surface area contributed by atoms with Crippen LogP contribution in [0.25, 0.3) is 0 Å². The molecule has 1 nitrogen and oxygen atoms in total. The smallest absolute Gasteiger partial charge is 0.0245 e. The first-order chi connectivity index (χ1) is 7.33.